The molecule has 0 saturated carbocycles. The largest absolute Gasteiger partial charge is 0.463 e. The monoisotopic (exact) mass is 343 g/mol. The second-order valence-electron chi connectivity index (χ2n) is 6.24. The van der Waals surface area contributed by atoms with Crippen LogP contribution in [0.15, 0.2) is 47.1 Å². The van der Waals surface area contributed by atoms with Gasteiger partial charge in [-0.05, 0) is 58.2 Å². The number of ether oxygens (including phenoxy) is 2. The Bertz CT molecular complexity index is 699. The second kappa shape index (κ2) is 8.24. The van der Waals surface area contributed by atoms with Crippen molar-refractivity contribution in [1.82, 2.24) is 4.90 Å². The highest BCUT2D eigenvalue weighted by atomic mass is 16.5. The van der Waals surface area contributed by atoms with Crippen LogP contribution >= 0.6 is 0 Å². The van der Waals surface area contributed by atoms with Gasteiger partial charge in [-0.25, -0.2) is 4.79 Å². The lowest BCUT2D eigenvalue weighted by Crippen LogP contribution is -2.31. The highest BCUT2D eigenvalue weighted by molar-refractivity contribution is 5.92. The molecular weight excluding hydrogens is 314 g/mol. The number of benzene rings is 1. The van der Waals surface area contributed by atoms with Crippen molar-refractivity contribution in [3.63, 3.8) is 0 Å². The number of aryl methyl sites for hydroxylation is 1. The van der Waals surface area contributed by atoms with E-state index in [9.17, 15) is 4.79 Å². The van der Waals surface area contributed by atoms with E-state index >= 15 is 0 Å². The molecule has 0 amide bonds. The molecular formula is C21H29NO3. The minimum atomic E-state index is -0.300. The van der Waals surface area contributed by atoms with E-state index in [1.54, 1.807) is 0 Å². The van der Waals surface area contributed by atoms with Crippen molar-refractivity contribution >= 4 is 5.97 Å². The zero-order valence-electron chi connectivity index (χ0n) is 16.2. The third-order valence-corrected chi connectivity index (χ3v) is 4.73. The van der Waals surface area contributed by atoms with Gasteiger partial charge >= 0.3 is 5.97 Å². The Morgan fingerprint density at radius 3 is 2.32 bits per heavy atom. The fourth-order valence-corrected chi connectivity index (χ4v) is 3.42. The van der Waals surface area contributed by atoms with Crippen LogP contribution in [0.5, 0.6) is 0 Å². The zero-order chi connectivity index (χ0) is 18.6. The zero-order valence-corrected chi connectivity index (χ0v) is 16.2. The first-order valence-electron chi connectivity index (χ1n) is 9.03. The smallest absolute Gasteiger partial charge is 0.338 e. The normalized spacial score (nSPS) is 17.4. The number of nitrogens with zero attached hydrogens (tertiary/aromatic N) is 1. The molecule has 4 nitrogen and oxygen atoms in total. The molecule has 2 rings (SSSR count). The summed E-state index contributed by atoms with van der Waals surface area (Å²) in [6.07, 6.45) is 0. The Morgan fingerprint density at radius 1 is 1.12 bits per heavy atom. The van der Waals surface area contributed by atoms with Gasteiger partial charge in [0.2, 0.25) is 0 Å². The van der Waals surface area contributed by atoms with E-state index in [4.69, 9.17) is 9.47 Å². The number of allylic oxidation sites excluding steroid dienone is 2. The summed E-state index contributed by atoms with van der Waals surface area (Å²) in [4.78, 5) is 14.9. The molecule has 1 aromatic carbocycles. The molecule has 0 radical (unpaired) electrons. The van der Waals surface area contributed by atoms with Crippen LogP contribution in [0, 0.1) is 6.92 Å². The standard InChI is InChI=1S/C21H29NO3/c1-7-22(8-2)20-15(5)18(17-13-11-10-12-14(17)4)19(16(6)25-20)21(23)24-9-3/h10-13,18H,7-9H2,1-6H3. The summed E-state index contributed by atoms with van der Waals surface area (Å²) < 4.78 is 11.4. The van der Waals surface area contributed by atoms with E-state index in [1.807, 2.05) is 26.0 Å². The molecule has 0 saturated heterocycles. The maximum atomic E-state index is 12.7. The molecule has 1 aromatic rings. The van der Waals surface area contributed by atoms with Crippen LogP contribution in [0.4, 0.5) is 0 Å². The molecule has 0 bridgehead atoms. The topological polar surface area (TPSA) is 38.8 Å². The first-order valence-corrected chi connectivity index (χ1v) is 9.03. The maximum absolute atomic E-state index is 12.7. The molecule has 4 heteroatoms. The van der Waals surface area contributed by atoms with E-state index in [2.05, 4.69) is 44.7 Å². The Kier molecular flexibility index (Phi) is 6.29. The average molecular weight is 343 g/mol. The van der Waals surface area contributed by atoms with Gasteiger partial charge in [-0.2, -0.15) is 0 Å². The summed E-state index contributed by atoms with van der Waals surface area (Å²) >= 11 is 0. The average Bonchev–Trinajstić information content (AvgIpc) is 2.59. The molecule has 1 heterocycles. The van der Waals surface area contributed by atoms with Gasteiger partial charge in [0.15, 0.2) is 5.88 Å². The quantitative estimate of drug-likeness (QED) is 0.712. The summed E-state index contributed by atoms with van der Waals surface area (Å²) in [5.74, 6) is 1.03. The van der Waals surface area contributed by atoms with E-state index in [0.29, 0.717) is 17.9 Å². The molecule has 0 spiro atoms. The van der Waals surface area contributed by atoms with Crippen LogP contribution in [0.3, 0.4) is 0 Å². The van der Waals surface area contributed by atoms with E-state index < -0.39 is 0 Å². The summed E-state index contributed by atoms with van der Waals surface area (Å²) in [5.41, 5.74) is 3.92. The van der Waals surface area contributed by atoms with Crippen molar-refractivity contribution in [3.05, 3.63) is 58.2 Å². The Hall–Kier alpha value is -2.23. The van der Waals surface area contributed by atoms with Crippen LogP contribution in [0.1, 0.15) is 51.7 Å². The van der Waals surface area contributed by atoms with E-state index in [1.165, 1.54) is 0 Å². The third kappa shape index (κ3) is 3.73. The molecule has 0 aromatic heterocycles. The van der Waals surface area contributed by atoms with E-state index in [-0.39, 0.29) is 11.9 Å². The van der Waals surface area contributed by atoms with Gasteiger partial charge in [0, 0.05) is 19.0 Å². The Morgan fingerprint density at radius 2 is 1.76 bits per heavy atom. The molecule has 1 atom stereocenters. The third-order valence-electron chi connectivity index (χ3n) is 4.73. The first-order chi connectivity index (χ1) is 12.0. The van der Waals surface area contributed by atoms with Crippen molar-refractivity contribution in [2.75, 3.05) is 19.7 Å². The number of esters is 1. The first kappa shape index (κ1) is 19.1. The minimum Gasteiger partial charge on any atom is -0.463 e. The van der Waals surface area contributed by atoms with Crippen LogP contribution in [-0.2, 0) is 14.3 Å². The lowest BCUT2D eigenvalue weighted by Gasteiger charge is -2.35. The maximum Gasteiger partial charge on any atom is 0.338 e. The van der Waals surface area contributed by atoms with Gasteiger partial charge in [0.1, 0.15) is 5.76 Å². The molecule has 0 N–H and O–H groups in total. The summed E-state index contributed by atoms with van der Waals surface area (Å²) in [5, 5.41) is 0. The van der Waals surface area contributed by atoms with E-state index in [0.717, 1.165) is 35.7 Å². The van der Waals surface area contributed by atoms with Gasteiger partial charge in [-0.15, -0.1) is 0 Å². The van der Waals surface area contributed by atoms with Gasteiger partial charge in [-0.3, -0.25) is 0 Å². The Balaban J connectivity index is 2.64. The SMILES string of the molecule is CCOC(=O)C1=C(C)OC(N(CC)CC)=C(C)C1c1ccccc1C. The minimum absolute atomic E-state index is 0.149. The second-order valence-corrected chi connectivity index (χ2v) is 6.24. The fourth-order valence-electron chi connectivity index (χ4n) is 3.42. The predicted molar refractivity (Wildman–Crippen MR) is 100.0 cm³/mol. The highest BCUT2D eigenvalue weighted by Gasteiger charge is 2.36. The molecule has 0 aliphatic carbocycles. The summed E-state index contributed by atoms with van der Waals surface area (Å²) in [6.45, 7) is 14.1. The number of carbonyl (C=O) groups is 1. The van der Waals surface area contributed by atoms with Crippen LogP contribution in [-0.4, -0.2) is 30.6 Å². The molecule has 1 aliphatic heterocycles. The Labute approximate surface area is 151 Å². The van der Waals surface area contributed by atoms with Crippen molar-refractivity contribution in [1.29, 1.82) is 0 Å². The number of hydrogen-bond donors (Lipinski definition) is 0. The van der Waals surface area contributed by atoms with Crippen molar-refractivity contribution in [3.8, 4) is 0 Å². The van der Waals surface area contributed by atoms with Crippen molar-refractivity contribution in [2.45, 2.75) is 47.5 Å². The van der Waals surface area contributed by atoms with Crippen molar-refractivity contribution in [2.24, 2.45) is 0 Å². The molecule has 1 aliphatic rings. The lowest BCUT2D eigenvalue weighted by molar-refractivity contribution is -0.139. The number of rotatable bonds is 6. The van der Waals surface area contributed by atoms with Crippen LogP contribution in [0.2, 0.25) is 0 Å². The highest BCUT2D eigenvalue weighted by Crippen LogP contribution is 2.42. The number of hydrogen-bond acceptors (Lipinski definition) is 4. The molecule has 0 fully saturated rings. The molecule has 25 heavy (non-hydrogen) atoms. The lowest BCUT2D eigenvalue weighted by atomic mass is 9.81. The van der Waals surface area contributed by atoms with Crippen LogP contribution in [0.25, 0.3) is 0 Å². The fraction of sp³-hybridized carbons (Fsp3) is 0.476. The summed E-state index contributed by atoms with van der Waals surface area (Å²) in [7, 11) is 0. The molecule has 1 unspecified atom stereocenters. The van der Waals surface area contributed by atoms with Gasteiger partial charge in [0.25, 0.3) is 0 Å². The predicted octanol–water partition coefficient (Wildman–Crippen LogP) is 4.52. The summed E-state index contributed by atoms with van der Waals surface area (Å²) in [6, 6.07) is 8.19. The molecule has 136 valence electrons. The number of carbonyl (C=O) groups excluding carboxylic acids is 1. The van der Waals surface area contributed by atoms with Gasteiger partial charge in [-0.1, -0.05) is 24.3 Å². The van der Waals surface area contributed by atoms with Gasteiger partial charge < -0.3 is 14.4 Å². The van der Waals surface area contributed by atoms with Crippen LogP contribution < -0.4 is 0 Å². The van der Waals surface area contributed by atoms with Crippen molar-refractivity contribution < 1.29 is 14.3 Å². The van der Waals surface area contributed by atoms with Gasteiger partial charge in [0.05, 0.1) is 12.2 Å².